The molecular weight excluding hydrogens is 184 g/mol. The predicted molar refractivity (Wildman–Crippen MR) is 70.3 cm³/mol. The summed E-state index contributed by atoms with van der Waals surface area (Å²) in [6, 6.07) is 0.895. The predicted octanol–water partition coefficient (Wildman–Crippen LogP) is 3.90. The minimum atomic E-state index is 0.447. The van der Waals surface area contributed by atoms with Crippen LogP contribution in [0.3, 0.4) is 0 Å². The minimum absolute atomic E-state index is 0.447. The summed E-state index contributed by atoms with van der Waals surface area (Å²) in [5, 5.41) is 0. The van der Waals surface area contributed by atoms with Gasteiger partial charge in [-0.3, -0.25) is 9.98 Å². The second-order valence-corrected chi connectivity index (χ2v) is 4.49. The summed E-state index contributed by atoms with van der Waals surface area (Å²) < 4.78 is 0. The van der Waals surface area contributed by atoms with Crippen molar-refractivity contribution >= 4 is 12.4 Å². The zero-order valence-corrected chi connectivity index (χ0v) is 10.7. The van der Waals surface area contributed by atoms with Gasteiger partial charge in [0.15, 0.2) is 0 Å². The topological polar surface area (TPSA) is 24.7 Å². The van der Waals surface area contributed by atoms with Gasteiger partial charge in [-0.2, -0.15) is 0 Å². The lowest BCUT2D eigenvalue weighted by atomic mass is 10.1. The number of rotatable bonds is 8. The number of hydrogen-bond donors (Lipinski definition) is 0. The summed E-state index contributed by atoms with van der Waals surface area (Å²) in [6.07, 6.45) is 10.2. The van der Waals surface area contributed by atoms with E-state index in [0.29, 0.717) is 12.1 Å². The number of nitrogens with zero attached hydrogens (tertiary/aromatic N) is 2. The smallest absolute Gasteiger partial charge is 0.0439 e. The Morgan fingerprint density at radius 2 is 1.13 bits per heavy atom. The van der Waals surface area contributed by atoms with E-state index in [1.165, 1.54) is 19.3 Å². The van der Waals surface area contributed by atoms with Crippen LogP contribution in [-0.2, 0) is 0 Å². The molecule has 0 aliphatic carbocycles. The second kappa shape index (κ2) is 9.88. The average Bonchev–Trinajstić information content (AvgIpc) is 2.14. The van der Waals surface area contributed by atoms with E-state index in [4.69, 9.17) is 0 Å². The highest BCUT2D eigenvalue weighted by Crippen LogP contribution is 2.01. The van der Waals surface area contributed by atoms with E-state index in [1.807, 2.05) is 0 Å². The molecule has 0 bridgehead atoms. The summed E-state index contributed by atoms with van der Waals surface area (Å²) in [4.78, 5) is 8.66. The van der Waals surface area contributed by atoms with Crippen LogP contribution >= 0.6 is 0 Å². The van der Waals surface area contributed by atoms with Crippen LogP contribution in [-0.4, -0.2) is 24.5 Å². The molecule has 0 unspecified atom stereocenters. The van der Waals surface area contributed by atoms with Gasteiger partial charge >= 0.3 is 0 Å². The molecule has 0 saturated carbocycles. The lowest BCUT2D eigenvalue weighted by Gasteiger charge is -1.97. The third-order valence-corrected chi connectivity index (χ3v) is 1.97. The highest BCUT2D eigenvalue weighted by molar-refractivity contribution is 5.57. The Bertz CT molecular complexity index is 161. The first kappa shape index (κ1) is 14.3. The molecule has 0 fully saturated rings. The molecule has 15 heavy (non-hydrogen) atoms. The quantitative estimate of drug-likeness (QED) is 0.429. The first-order valence-electron chi connectivity index (χ1n) is 6.16. The highest BCUT2D eigenvalue weighted by atomic mass is 14.7. The Balaban J connectivity index is 3.18. The van der Waals surface area contributed by atoms with Crippen molar-refractivity contribution in [2.75, 3.05) is 0 Å². The fraction of sp³-hybridized carbons (Fsp3) is 0.846. The van der Waals surface area contributed by atoms with Crippen LogP contribution in [0.5, 0.6) is 0 Å². The van der Waals surface area contributed by atoms with Gasteiger partial charge in [0.2, 0.25) is 0 Å². The van der Waals surface area contributed by atoms with E-state index in [1.54, 1.807) is 0 Å². The minimum Gasteiger partial charge on any atom is -0.295 e. The fourth-order valence-electron chi connectivity index (χ4n) is 1.22. The van der Waals surface area contributed by atoms with Gasteiger partial charge in [-0.15, -0.1) is 0 Å². The first-order valence-corrected chi connectivity index (χ1v) is 6.16. The molecule has 0 rings (SSSR count). The molecule has 0 heterocycles. The molecule has 0 aromatic heterocycles. The molecule has 0 aliphatic rings. The van der Waals surface area contributed by atoms with Gasteiger partial charge < -0.3 is 0 Å². The molecule has 0 aromatic carbocycles. The van der Waals surface area contributed by atoms with Crippen molar-refractivity contribution in [1.82, 2.24) is 0 Å². The summed E-state index contributed by atoms with van der Waals surface area (Å²) >= 11 is 0. The molecule has 0 spiro atoms. The van der Waals surface area contributed by atoms with E-state index in [-0.39, 0.29) is 0 Å². The molecule has 0 aliphatic heterocycles. The van der Waals surface area contributed by atoms with Crippen LogP contribution in [0.25, 0.3) is 0 Å². The van der Waals surface area contributed by atoms with Gasteiger partial charge in [-0.05, 0) is 65.8 Å². The molecule has 2 heteroatoms. The van der Waals surface area contributed by atoms with Crippen molar-refractivity contribution in [2.24, 2.45) is 9.98 Å². The largest absolute Gasteiger partial charge is 0.295 e. The molecule has 0 aromatic rings. The SMILES string of the molecule is CC(C)N=CCCCCCC=NC(C)C. The van der Waals surface area contributed by atoms with Gasteiger partial charge in [0.1, 0.15) is 0 Å². The van der Waals surface area contributed by atoms with Crippen LogP contribution in [0.4, 0.5) is 0 Å². The number of hydrogen-bond acceptors (Lipinski definition) is 2. The summed E-state index contributed by atoms with van der Waals surface area (Å²) in [5.41, 5.74) is 0. The van der Waals surface area contributed by atoms with Gasteiger partial charge in [0, 0.05) is 12.1 Å². The molecule has 0 radical (unpaired) electrons. The zero-order valence-electron chi connectivity index (χ0n) is 10.7. The third kappa shape index (κ3) is 13.3. The average molecular weight is 210 g/mol. The number of aliphatic imine (C=N–C) groups is 2. The number of unbranched alkanes of at least 4 members (excludes halogenated alkanes) is 4. The van der Waals surface area contributed by atoms with E-state index in [2.05, 4.69) is 50.1 Å². The van der Waals surface area contributed by atoms with Crippen LogP contribution in [0.2, 0.25) is 0 Å². The maximum absolute atomic E-state index is 4.33. The highest BCUT2D eigenvalue weighted by Gasteiger charge is 1.88. The Morgan fingerprint density at radius 3 is 1.47 bits per heavy atom. The second-order valence-electron chi connectivity index (χ2n) is 4.49. The maximum Gasteiger partial charge on any atom is 0.0439 e. The fourth-order valence-corrected chi connectivity index (χ4v) is 1.22. The van der Waals surface area contributed by atoms with Gasteiger partial charge in [-0.1, -0.05) is 6.42 Å². The van der Waals surface area contributed by atoms with Crippen LogP contribution < -0.4 is 0 Å². The summed E-state index contributed by atoms with van der Waals surface area (Å²) in [5.74, 6) is 0. The lowest BCUT2D eigenvalue weighted by molar-refractivity contribution is 0.717. The van der Waals surface area contributed by atoms with Crippen molar-refractivity contribution in [3.8, 4) is 0 Å². The van der Waals surface area contributed by atoms with Gasteiger partial charge in [-0.25, -0.2) is 0 Å². The maximum atomic E-state index is 4.33. The molecule has 0 N–H and O–H groups in total. The van der Waals surface area contributed by atoms with E-state index < -0.39 is 0 Å². The molecule has 88 valence electrons. The molecule has 2 nitrogen and oxygen atoms in total. The van der Waals surface area contributed by atoms with E-state index in [9.17, 15) is 0 Å². The lowest BCUT2D eigenvalue weighted by Crippen LogP contribution is -1.90. The van der Waals surface area contributed by atoms with Gasteiger partial charge in [0.05, 0.1) is 0 Å². The van der Waals surface area contributed by atoms with E-state index in [0.717, 1.165) is 12.8 Å². The van der Waals surface area contributed by atoms with Crippen LogP contribution in [0.1, 0.15) is 59.8 Å². The van der Waals surface area contributed by atoms with Crippen molar-refractivity contribution in [1.29, 1.82) is 0 Å². The normalized spacial score (nSPS) is 12.7. The Morgan fingerprint density at radius 1 is 0.733 bits per heavy atom. The Labute approximate surface area is 94.9 Å². The van der Waals surface area contributed by atoms with Crippen molar-refractivity contribution < 1.29 is 0 Å². The third-order valence-electron chi connectivity index (χ3n) is 1.97. The molecular formula is C13H26N2. The van der Waals surface area contributed by atoms with Crippen LogP contribution in [0, 0.1) is 0 Å². The van der Waals surface area contributed by atoms with Crippen molar-refractivity contribution in [3.05, 3.63) is 0 Å². The Hall–Kier alpha value is -0.660. The first-order chi connectivity index (χ1) is 7.13. The monoisotopic (exact) mass is 210 g/mol. The molecule has 0 saturated heterocycles. The standard InChI is InChI=1S/C13H26N2/c1-12(2)14-10-8-6-5-7-9-11-15-13(3)4/h10-13H,5-9H2,1-4H3. The Kier molecular flexibility index (Phi) is 9.44. The van der Waals surface area contributed by atoms with E-state index >= 15 is 0 Å². The molecule has 0 amide bonds. The van der Waals surface area contributed by atoms with Crippen molar-refractivity contribution in [3.63, 3.8) is 0 Å². The zero-order chi connectivity index (χ0) is 11.5. The van der Waals surface area contributed by atoms with Crippen LogP contribution in [0.15, 0.2) is 9.98 Å². The summed E-state index contributed by atoms with van der Waals surface area (Å²) in [7, 11) is 0. The van der Waals surface area contributed by atoms with Gasteiger partial charge in [0.25, 0.3) is 0 Å². The summed E-state index contributed by atoms with van der Waals surface area (Å²) in [6.45, 7) is 8.44. The molecule has 0 atom stereocenters. The van der Waals surface area contributed by atoms with Crippen molar-refractivity contribution in [2.45, 2.75) is 71.9 Å².